The van der Waals surface area contributed by atoms with Crippen LogP contribution in [0.3, 0.4) is 0 Å². The van der Waals surface area contributed by atoms with Gasteiger partial charge in [-0.3, -0.25) is 9.89 Å². The molecule has 1 fully saturated rings. The smallest absolute Gasteiger partial charge is 0.272 e. The van der Waals surface area contributed by atoms with Crippen LogP contribution < -0.4 is 10.2 Å². The zero-order valence-electron chi connectivity index (χ0n) is 13.9. The van der Waals surface area contributed by atoms with Gasteiger partial charge in [0.25, 0.3) is 5.91 Å². The highest BCUT2D eigenvalue weighted by molar-refractivity contribution is 7.13. The third kappa shape index (κ3) is 3.43. The molecule has 1 saturated heterocycles. The molecule has 2 N–H and O–H groups in total. The predicted molar refractivity (Wildman–Crippen MR) is 95.8 cm³/mol. The van der Waals surface area contributed by atoms with Gasteiger partial charge in [-0.15, -0.1) is 11.3 Å². The summed E-state index contributed by atoms with van der Waals surface area (Å²) in [5.41, 5.74) is 1.89. The number of furan rings is 1. The van der Waals surface area contributed by atoms with Crippen LogP contribution in [0.1, 0.15) is 34.8 Å². The van der Waals surface area contributed by atoms with Crippen LogP contribution >= 0.6 is 11.3 Å². The van der Waals surface area contributed by atoms with E-state index in [0.29, 0.717) is 23.7 Å². The molecule has 4 rings (SSSR count). The van der Waals surface area contributed by atoms with E-state index in [1.54, 1.807) is 17.4 Å². The highest BCUT2D eigenvalue weighted by Gasteiger charge is 2.17. The summed E-state index contributed by atoms with van der Waals surface area (Å²) in [6, 6.07) is 5.40. The van der Waals surface area contributed by atoms with Crippen LogP contribution in [0.25, 0.3) is 11.5 Å². The summed E-state index contributed by atoms with van der Waals surface area (Å²) in [5.74, 6) is 1.24. The largest absolute Gasteiger partial charge is 0.460 e. The molecule has 4 heterocycles. The third-order valence-electron chi connectivity index (χ3n) is 4.16. The van der Waals surface area contributed by atoms with Crippen LogP contribution in [-0.4, -0.2) is 34.2 Å². The van der Waals surface area contributed by atoms with Crippen molar-refractivity contribution in [3.8, 4) is 11.5 Å². The fourth-order valence-electron chi connectivity index (χ4n) is 2.84. The lowest BCUT2D eigenvalue weighted by atomic mass is 10.3. The zero-order valence-corrected chi connectivity index (χ0v) is 14.7. The maximum atomic E-state index is 12.3. The fraction of sp³-hybridized carbons (Fsp3) is 0.353. The number of rotatable bonds is 5. The molecule has 1 aliphatic rings. The molecular formula is C17H19N5O2S. The summed E-state index contributed by atoms with van der Waals surface area (Å²) in [6.45, 7) is 4.41. The van der Waals surface area contributed by atoms with Crippen LogP contribution in [0.4, 0.5) is 5.13 Å². The van der Waals surface area contributed by atoms with Crippen molar-refractivity contribution >= 4 is 22.4 Å². The Morgan fingerprint density at radius 1 is 1.40 bits per heavy atom. The monoisotopic (exact) mass is 357 g/mol. The Morgan fingerprint density at radius 2 is 2.24 bits per heavy atom. The highest BCUT2D eigenvalue weighted by atomic mass is 32.1. The third-order valence-corrected chi connectivity index (χ3v) is 5.11. The first-order valence-corrected chi connectivity index (χ1v) is 9.17. The standard InChI is InChI=1S/C17H19N5O2S/c1-11-4-5-15(24-11)13-8-14(21-20-13)16(23)18-9-12-10-25-17(19-12)22-6-2-3-7-22/h4-5,8,10H,2-3,6-7,9H2,1H3,(H,18,23)(H,20,21). The van der Waals surface area contributed by atoms with Crippen molar-refractivity contribution in [2.24, 2.45) is 0 Å². The number of anilines is 1. The lowest BCUT2D eigenvalue weighted by Crippen LogP contribution is -2.23. The molecule has 8 heteroatoms. The van der Waals surface area contributed by atoms with Gasteiger partial charge < -0.3 is 14.6 Å². The first-order chi connectivity index (χ1) is 12.2. The zero-order chi connectivity index (χ0) is 17.2. The molecule has 130 valence electrons. The SMILES string of the molecule is Cc1ccc(-c2cc(C(=O)NCc3csc(N4CCCC4)n3)n[nH]2)o1. The molecular weight excluding hydrogens is 338 g/mol. The summed E-state index contributed by atoms with van der Waals surface area (Å²) in [4.78, 5) is 19.2. The molecule has 7 nitrogen and oxygen atoms in total. The molecule has 0 radical (unpaired) electrons. The number of H-pyrrole nitrogens is 1. The van der Waals surface area contributed by atoms with Crippen LogP contribution in [0.2, 0.25) is 0 Å². The number of amides is 1. The molecule has 25 heavy (non-hydrogen) atoms. The summed E-state index contributed by atoms with van der Waals surface area (Å²) < 4.78 is 5.53. The van der Waals surface area contributed by atoms with Gasteiger partial charge in [-0.2, -0.15) is 5.10 Å². The van der Waals surface area contributed by atoms with Gasteiger partial charge in [0.1, 0.15) is 11.5 Å². The number of nitrogens with one attached hydrogen (secondary N) is 2. The number of aryl methyl sites for hydroxylation is 1. The molecule has 0 saturated carbocycles. The number of nitrogens with zero attached hydrogens (tertiary/aromatic N) is 3. The van der Waals surface area contributed by atoms with Crippen LogP contribution in [0.5, 0.6) is 0 Å². The van der Waals surface area contributed by atoms with E-state index < -0.39 is 0 Å². The number of aromatic nitrogens is 3. The number of aromatic amines is 1. The predicted octanol–water partition coefficient (Wildman–Crippen LogP) is 2.96. The Bertz CT molecular complexity index is 875. The van der Waals surface area contributed by atoms with Gasteiger partial charge in [0, 0.05) is 24.5 Å². The average molecular weight is 357 g/mol. The summed E-state index contributed by atoms with van der Waals surface area (Å²) in [5, 5.41) is 12.8. The van der Waals surface area contributed by atoms with Gasteiger partial charge in [-0.1, -0.05) is 0 Å². The van der Waals surface area contributed by atoms with Crippen LogP contribution in [0.15, 0.2) is 28.0 Å². The first kappa shape index (κ1) is 15.9. The Labute approximate surface area is 149 Å². The first-order valence-electron chi connectivity index (χ1n) is 8.29. The van der Waals surface area contributed by atoms with E-state index in [0.717, 1.165) is 29.7 Å². The highest BCUT2D eigenvalue weighted by Crippen LogP contribution is 2.24. The molecule has 0 unspecified atom stereocenters. The van der Waals surface area contributed by atoms with E-state index in [2.05, 4.69) is 25.4 Å². The van der Waals surface area contributed by atoms with Crippen molar-refractivity contribution in [1.29, 1.82) is 0 Å². The van der Waals surface area contributed by atoms with Crippen LogP contribution in [0, 0.1) is 6.92 Å². The minimum absolute atomic E-state index is 0.235. The molecule has 3 aromatic rings. The Hall–Kier alpha value is -2.61. The van der Waals surface area contributed by atoms with Crippen molar-refractivity contribution in [1.82, 2.24) is 20.5 Å². The van der Waals surface area contributed by atoms with E-state index in [-0.39, 0.29) is 5.91 Å². The van der Waals surface area contributed by atoms with Gasteiger partial charge >= 0.3 is 0 Å². The number of carbonyl (C=O) groups is 1. The van der Waals surface area contributed by atoms with E-state index in [1.807, 2.05) is 24.4 Å². The number of carbonyl (C=O) groups excluding carboxylic acids is 1. The molecule has 3 aromatic heterocycles. The second-order valence-electron chi connectivity index (χ2n) is 6.08. The average Bonchev–Trinajstić information content (AvgIpc) is 3.38. The summed E-state index contributed by atoms with van der Waals surface area (Å²) >= 11 is 1.63. The van der Waals surface area contributed by atoms with Gasteiger partial charge in [-0.25, -0.2) is 4.98 Å². The van der Waals surface area contributed by atoms with Crippen molar-refractivity contribution in [3.63, 3.8) is 0 Å². The molecule has 0 atom stereocenters. The Balaban J connectivity index is 1.37. The van der Waals surface area contributed by atoms with E-state index in [9.17, 15) is 4.79 Å². The summed E-state index contributed by atoms with van der Waals surface area (Å²) in [7, 11) is 0. The van der Waals surface area contributed by atoms with E-state index >= 15 is 0 Å². The van der Waals surface area contributed by atoms with Crippen molar-refractivity contribution in [2.75, 3.05) is 18.0 Å². The molecule has 0 aromatic carbocycles. The number of hydrogen-bond acceptors (Lipinski definition) is 6. The Morgan fingerprint density at radius 3 is 3.00 bits per heavy atom. The number of hydrogen-bond donors (Lipinski definition) is 2. The Kier molecular flexibility index (Phi) is 4.27. The normalized spacial score (nSPS) is 14.2. The second kappa shape index (κ2) is 6.72. The maximum Gasteiger partial charge on any atom is 0.272 e. The van der Waals surface area contributed by atoms with Crippen molar-refractivity contribution in [3.05, 3.63) is 40.7 Å². The van der Waals surface area contributed by atoms with Crippen LogP contribution in [-0.2, 0) is 6.54 Å². The minimum Gasteiger partial charge on any atom is -0.460 e. The van der Waals surface area contributed by atoms with E-state index in [4.69, 9.17) is 4.42 Å². The van der Waals surface area contributed by atoms with Gasteiger partial charge in [-0.05, 0) is 31.9 Å². The lowest BCUT2D eigenvalue weighted by Gasteiger charge is -2.12. The molecule has 0 aliphatic carbocycles. The molecule has 0 spiro atoms. The molecule has 1 amide bonds. The minimum atomic E-state index is -0.235. The lowest BCUT2D eigenvalue weighted by molar-refractivity contribution is 0.0945. The van der Waals surface area contributed by atoms with Gasteiger partial charge in [0.15, 0.2) is 16.6 Å². The fourth-order valence-corrected chi connectivity index (χ4v) is 3.72. The quantitative estimate of drug-likeness (QED) is 0.733. The summed E-state index contributed by atoms with van der Waals surface area (Å²) in [6.07, 6.45) is 2.45. The van der Waals surface area contributed by atoms with Crippen molar-refractivity contribution in [2.45, 2.75) is 26.3 Å². The van der Waals surface area contributed by atoms with E-state index in [1.165, 1.54) is 12.8 Å². The van der Waals surface area contributed by atoms with Gasteiger partial charge in [0.05, 0.1) is 12.2 Å². The maximum absolute atomic E-state index is 12.3. The molecule has 0 bridgehead atoms. The second-order valence-corrected chi connectivity index (χ2v) is 6.91. The number of thiazole rings is 1. The van der Waals surface area contributed by atoms with Gasteiger partial charge in [0.2, 0.25) is 0 Å². The topological polar surface area (TPSA) is 87.0 Å². The van der Waals surface area contributed by atoms with Crippen molar-refractivity contribution < 1.29 is 9.21 Å². The molecule has 1 aliphatic heterocycles.